The molecule has 0 bridgehead atoms. The predicted octanol–water partition coefficient (Wildman–Crippen LogP) is 4.37. The number of hydrogen-bond acceptors (Lipinski definition) is 7. The highest BCUT2D eigenvalue weighted by atomic mass is 16.6. The summed E-state index contributed by atoms with van der Waals surface area (Å²) in [6.07, 6.45) is -0.764. The molecule has 0 saturated heterocycles. The number of aromatic nitrogens is 1. The number of likely N-dealkylation sites (N-methyl/N-ethyl adjacent to an activating group) is 1. The fraction of sp³-hybridized carbons (Fsp3) is 0.231. The van der Waals surface area contributed by atoms with E-state index in [0.29, 0.717) is 10.9 Å². The van der Waals surface area contributed by atoms with Crippen LogP contribution in [-0.4, -0.2) is 44.9 Å². The monoisotopic (exact) mass is 484 g/mol. The maximum Gasteiger partial charge on any atom is 0.419 e. The van der Waals surface area contributed by atoms with Crippen LogP contribution in [0, 0.1) is 21.4 Å². The molecule has 0 radical (unpaired) electrons. The Morgan fingerprint density at radius 1 is 1.11 bits per heavy atom. The number of carbonyl (C=O) groups is 3. The summed E-state index contributed by atoms with van der Waals surface area (Å²) in [7, 11) is 1.29. The summed E-state index contributed by atoms with van der Waals surface area (Å²) in [5, 5.41) is 22.7. The molecule has 10 nitrogen and oxygen atoms in total. The number of carbonyl (C=O) groups excluding carboxylic acids is 3. The van der Waals surface area contributed by atoms with E-state index in [4.69, 9.17) is 4.74 Å². The van der Waals surface area contributed by atoms with Crippen LogP contribution in [-0.2, 0) is 14.3 Å². The van der Waals surface area contributed by atoms with Gasteiger partial charge in [-0.05, 0) is 26.8 Å². The number of fused-ring (bicyclic) bond motifs is 6. The summed E-state index contributed by atoms with van der Waals surface area (Å²) >= 11 is 0. The smallest absolute Gasteiger partial charge is 0.419 e. The third-order valence-corrected chi connectivity index (χ3v) is 6.27. The Labute approximate surface area is 205 Å². The average molecular weight is 484 g/mol. The lowest BCUT2D eigenvalue weighted by molar-refractivity contribution is -0.385. The number of benzene rings is 2. The van der Waals surface area contributed by atoms with Crippen molar-refractivity contribution >= 4 is 40.1 Å². The molecule has 0 N–H and O–H groups in total. The molecule has 3 aromatic rings. The van der Waals surface area contributed by atoms with E-state index >= 15 is 0 Å². The predicted molar refractivity (Wildman–Crippen MR) is 129 cm³/mol. The van der Waals surface area contributed by atoms with E-state index in [-0.39, 0.29) is 33.5 Å². The van der Waals surface area contributed by atoms with Gasteiger partial charge in [0, 0.05) is 29.6 Å². The number of hydrogen-bond donors (Lipinski definition) is 0. The van der Waals surface area contributed by atoms with E-state index in [0.717, 1.165) is 4.90 Å². The standard InChI is InChI=1S/C26H20N4O6/c1-26(2,3)36-25(33)29-16-10-6-5-8-13(16)19-21-20(23(31)28(4)24(21)32)15(12-27)18-14(22(19)29)9-7-11-17(18)30(34)35/h5-11,15H,1-4H3. The highest BCUT2D eigenvalue weighted by Gasteiger charge is 2.48. The van der Waals surface area contributed by atoms with Crippen LogP contribution in [0.3, 0.4) is 0 Å². The molecule has 0 spiro atoms. The fourth-order valence-corrected chi connectivity index (χ4v) is 4.91. The lowest BCUT2D eigenvalue weighted by Gasteiger charge is -2.22. The quantitative estimate of drug-likeness (QED) is 0.284. The SMILES string of the molecule is CN1C(=O)C2=C(C1=O)C(C#N)c1c(cccc1[N+](=O)[O-])-c1c2c2ccccc2n1C(=O)OC(C)(C)C. The van der Waals surface area contributed by atoms with Crippen LogP contribution in [0.4, 0.5) is 10.5 Å². The van der Waals surface area contributed by atoms with Gasteiger partial charge in [0.25, 0.3) is 17.5 Å². The van der Waals surface area contributed by atoms with Crippen molar-refractivity contribution in [2.24, 2.45) is 0 Å². The highest BCUT2D eigenvalue weighted by Crippen LogP contribution is 2.52. The number of nitro groups is 1. The molecule has 1 aliphatic heterocycles. The van der Waals surface area contributed by atoms with Gasteiger partial charge in [0.05, 0.1) is 38.9 Å². The first-order valence-electron chi connectivity index (χ1n) is 11.1. The van der Waals surface area contributed by atoms with E-state index in [9.17, 15) is 29.8 Å². The van der Waals surface area contributed by atoms with Crippen molar-refractivity contribution in [3.63, 3.8) is 0 Å². The topological polar surface area (TPSA) is 136 Å². The Bertz CT molecular complexity index is 1620. The molecule has 2 aromatic carbocycles. The van der Waals surface area contributed by atoms with E-state index in [2.05, 4.69) is 0 Å². The van der Waals surface area contributed by atoms with Crippen molar-refractivity contribution < 1.29 is 24.0 Å². The van der Waals surface area contributed by atoms with Gasteiger partial charge in [0.15, 0.2) is 0 Å². The summed E-state index contributed by atoms with van der Waals surface area (Å²) in [6.45, 7) is 5.11. The highest BCUT2D eigenvalue weighted by molar-refractivity contribution is 6.39. The summed E-state index contributed by atoms with van der Waals surface area (Å²) < 4.78 is 6.93. The zero-order valence-corrected chi connectivity index (χ0v) is 19.9. The molecule has 2 heterocycles. The van der Waals surface area contributed by atoms with E-state index in [1.54, 1.807) is 51.1 Å². The van der Waals surface area contributed by atoms with Crippen LogP contribution < -0.4 is 0 Å². The minimum Gasteiger partial charge on any atom is -0.443 e. The third kappa shape index (κ3) is 3.06. The number of ether oxygens (including phenoxy) is 1. The van der Waals surface area contributed by atoms with Crippen molar-refractivity contribution in [3.05, 3.63) is 69.3 Å². The molecule has 1 unspecified atom stereocenters. The Morgan fingerprint density at radius 3 is 2.44 bits per heavy atom. The van der Waals surface area contributed by atoms with Crippen LogP contribution in [0.2, 0.25) is 0 Å². The maximum atomic E-state index is 13.6. The molecule has 180 valence electrons. The van der Waals surface area contributed by atoms with Gasteiger partial charge in [-0.2, -0.15) is 5.26 Å². The number of nitrogens with zero attached hydrogens (tertiary/aromatic N) is 4. The van der Waals surface area contributed by atoms with Gasteiger partial charge in [-0.15, -0.1) is 0 Å². The largest absolute Gasteiger partial charge is 0.443 e. The molecule has 2 aliphatic rings. The summed E-state index contributed by atoms with van der Waals surface area (Å²) in [5.41, 5.74) is -0.504. The van der Waals surface area contributed by atoms with Gasteiger partial charge in [-0.25, -0.2) is 9.36 Å². The Balaban J connectivity index is 2.04. The molecular weight excluding hydrogens is 464 g/mol. The molecule has 1 aromatic heterocycles. The van der Waals surface area contributed by atoms with Crippen molar-refractivity contribution in [2.45, 2.75) is 32.3 Å². The molecule has 5 rings (SSSR count). The van der Waals surface area contributed by atoms with Crippen LogP contribution in [0.1, 0.15) is 37.8 Å². The normalized spacial score (nSPS) is 16.9. The maximum absolute atomic E-state index is 13.6. The van der Waals surface area contributed by atoms with E-state index in [1.807, 2.05) is 6.07 Å². The summed E-state index contributed by atoms with van der Waals surface area (Å²) in [4.78, 5) is 52.6. The third-order valence-electron chi connectivity index (χ3n) is 6.27. The number of amides is 2. The second-order valence-electron chi connectivity index (χ2n) is 9.57. The second-order valence-corrected chi connectivity index (χ2v) is 9.57. The fourth-order valence-electron chi connectivity index (χ4n) is 4.91. The van der Waals surface area contributed by atoms with Crippen LogP contribution in [0.5, 0.6) is 0 Å². The van der Waals surface area contributed by atoms with Crippen molar-refractivity contribution in [1.29, 1.82) is 5.26 Å². The van der Waals surface area contributed by atoms with Gasteiger partial charge in [0.1, 0.15) is 11.5 Å². The van der Waals surface area contributed by atoms with Gasteiger partial charge < -0.3 is 4.74 Å². The van der Waals surface area contributed by atoms with Crippen LogP contribution in [0.25, 0.3) is 27.7 Å². The zero-order valence-electron chi connectivity index (χ0n) is 19.9. The van der Waals surface area contributed by atoms with Crippen molar-refractivity contribution in [2.75, 3.05) is 7.05 Å². The number of nitriles is 1. The van der Waals surface area contributed by atoms with Gasteiger partial charge in [0.2, 0.25) is 0 Å². The molecule has 0 fully saturated rings. The molecule has 2 amide bonds. The first-order chi connectivity index (χ1) is 17.0. The Morgan fingerprint density at radius 2 is 1.81 bits per heavy atom. The molecular formula is C26H20N4O6. The molecule has 36 heavy (non-hydrogen) atoms. The van der Waals surface area contributed by atoms with Crippen molar-refractivity contribution in [1.82, 2.24) is 9.47 Å². The number of nitro benzene ring substituents is 1. The van der Waals surface area contributed by atoms with E-state index < -0.39 is 40.0 Å². The van der Waals surface area contributed by atoms with Crippen LogP contribution in [0.15, 0.2) is 48.0 Å². The summed E-state index contributed by atoms with van der Waals surface area (Å²) in [5.74, 6) is -2.78. The lowest BCUT2D eigenvalue weighted by atomic mass is 9.87. The first-order valence-corrected chi connectivity index (χ1v) is 11.1. The number of imide groups is 1. The molecule has 0 saturated carbocycles. The van der Waals surface area contributed by atoms with Gasteiger partial charge in [-0.3, -0.25) is 24.6 Å². The number of para-hydroxylation sites is 1. The van der Waals surface area contributed by atoms with Crippen molar-refractivity contribution in [3.8, 4) is 17.3 Å². The molecule has 1 aliphatic carbocycles. The Kier molecular flexibility index (Phi) is 4.86. The number of rotatable bonds is 1. The van der Waals surface area contributed by atoms with Gasteiger partial charge >= 0.3 is 6.09 Å². The minimum absolute atomic E-state index is 0.0481. The Hall–Kier alpha value is -4.78. The summed E-state index contributed by atoms with van der Waals surface area (Å²) in [6, 6.07) is 13.0. The van der Waals surface area contributed by atoms with Gasteiger partial charge in [-0.1, -0.05) is 30.3 Å². The van der Waals surface area contributed by atoms with E-state index in [1.165, 1.54) is 23.7 Å². The lowest BCUT2D eigenvalue weighted by Crippen LogP contribution is -2.29. The second kappa shape index (κ2) is 7.61. The zero-order chi connectivity index (χ0) is 26.1. The average Bonchev–Trinajstić information content (AvgIpc) is 3.21. The molecule has 10 heteroatoms. The molecule has 1 atom stereocenters. The first kappa shape index (κ1) is 23.0. The van der Waals surface area contributed by atoms with Crippen LogP contribution >= 0.6 is 0 Å². The minimum atomic E-state index is -1.41.